The van der Waals surface area contributed by atoms with Gasteiger partial charge in [-0.25, -0.2) is 0 Å². The lowest BCUT2D eigenvalue weighted by molar-refractivity contribution is -0.139. The van der Waals surface area contributed by atoms with Crippen molar-refractivity contribution in [1.82, 2.24) is 10.2 Å². The molecule has 0 spiro atoms. The van der Waals surface area contributed by atoms with E-state index in [-0.39, 0.29) is 12.6 Å². The van der Waals surface area contributed by atoms with E-state index in [1.54, 1.807) is 0 Å². The molecular formula is C9H16F3N3O. The maximum Gasteiger partial charge on any atom is 0.405 e. The van der Waals surface area contributed by atoms with Crippen LogP contribution in [-0.2, 0) is 4.79 Å². The summed E-state index contributed by atoms with van der Waals surface area (Å²) in [5.41, 5.74) is 5.49. The van der Waals surface area contributed by atoms with Gasteiger partial charge in [-0.05, 0) is 19.4 Å². The highest BCUT2D eigenvalue weighted by atomic mass is 19.4. The van der Waals surface area contributed by atoms with Crippen LogP contribution in [0.25, 0.3) is 0 Å². The van der Waals surface area contributed by atoms with Gasteiger partial charge >= 0.3 is 6.18 Å². The van der Waals surface area contributed by atoms with Gasteiger partial charge in [0.2, 0.25) is 5.91 Å². The van der Waals surface area contributed by atoms with Gasteiger partial charge < -0.3 is 11.1 Å². The van der Waals surface area contributed by atoms with Crippen LogP contribution in [-0.4, -0.2) is 49.2 Å². The third-order valence-electron chi connectivity index (χ3n) is 2.60. The summed E-state index contributed by atoms with van der Waals surface area (Å²) < 4.78 is 35.5. The minimum atomic E-state index is -4.35. The van der Waals surface area contributed by atoms with E-state index in [1.807, 2.05) is 10.2 Å². The Morgan fingerprint density at radius 1 is 1.50 bits per heavy atom. The van der Waals surface area contributed by atoms with Gasteiger partial charge in [0.25, 0.3) is 0 Å². The second kappa shape index (κ2) is 5.49. The van der Waals surface area contributed by atoms with E-state index in [4.69, 9.17) is 5.73 Å². The van der Waals surface area contributed by atoms with Crippen LogP contribution in [0.3, 0.4) is 0 Å². The lowest BCUT2D eigenvalue weighted by Crippen LogP contribution is -2.44. The van der Waals surface area contributed by atoms with Crippen molar-refractivity contribution in [3.05, 3.63) is 0 Å². The molecule has 1 aliphatic heterocycles. The summed E-state index contributed by atoms with van der Waals surface area (Å²) in [6, 6.07) is 0.122. The van der Waals surface area contributed by atoms with Crippen LogP contribution >= 0.6 is 0 Å². The number of likely N-dealkylation sites (tertiary alicyclic amines) is 1. The molecule has 1 saturated heterocycles. The van der Waals surface area contributed by atoms with Crippen LogP contribution in [0.4, 0.5) is 13.2 Å². The van der Waals surface area contributed by atoms with Gasteiger partial charge in [0.1, 0.15) is 6.54 Å². The molecule has 4 nitrogen and oxygen atoms in total. The highest BCUT2D eigenvalue weighted by Gasteiger charge is 2.29. The van der Waals surface area contributed by atoms with E-state index in [0.717, 1.165) is 19.4 Å². The van der Waals surface area contributed by atoms with Crippen LogP contribution < -0.4 is 11.1 Å². The number of nitrogens with one attached hydrogen (secondary N) is 1. The normalized spacial score (nSPS) is 22.4. The first-order valence-electron chi connectivity index (χ1n) is 5.20. The number of nitrogens with zero attached hydrogens (tertiary/aromatic N) is 1. The van der Waals surface area contributed by atoms with Gasteiger partial charge in [-0.2, -0.15) is 13.2 Å². The maximum atomic E-state index is 11.8. The summed E-state index contributed by atoms with van der Waals surface area (Å²) in [5, 5.41) is 1.85. The van der Waals surface area contributed by atoms with Gasteiger partial charge in [0.05, 0.1) is 6.54 Å². The molecule has 0 bridgehead atoms. The highest BCUT2D eigenvalue weighted by molar-refractivity contribution is 5.78. The molecule has 1 rings (SSSR count). The van der Waals surface area contributed by atoms with Crippen molar-refractivity contribution >= 4 is 5.91 Å². The molecular weight excluding hydrogens is 223 g/mol. The lowest BCUT2D eigenvalue weighted by atomic mass is 10.2. The van der Waals surface area contributed by atoms with Crippen molar-refractivity contribution in [1.29, 1.82) is 0 Å². The standard InChI is InChI=1S/C9H16F3N3O/c10-9(11,12)6-14-8(16)5-15-3-1-2-7(15)4-13/h7H,1-6,13H2,(H,14,16). The number of halogens is 3. The predicted molar refractivity (Wildman–Crippen MR) is 52.7 cm³/mol. The molecule has 16 heavy (non-hydrogen) atoms. The van der Waals surface area contributed by atoms with Crippen molar-refractivity contribution in [3.8, 4) is 0 Å². The molecule has 1 atom stereocenters. The molecule has 1 amide bonds. The quantitative estimate of drug-likeness (QED) is 0.731. The van der Waals surface area contributed by atoms with Gasteiger partial charge in [-0.1, -0.05) is 0 Å². The zero-order valence-electron chi connectivity index (χ0n) is 8.89. The second-order valence-electron chi connectivity index (χ2n) is 3.89. The Balaban J connectivity index is 2.28. The molecule has 0 saturated carbocycles. The van der Waals surface area contributed by atoms with Crippen molar-refractivity contribution in [2.24, 2.45) is 5.73 Å². The molecule has 7 heteroatoms. The molecule has 1 aliphatic rings. The largest absolute Gasteiger partial charge is 0.405 e. The SMILES string of the molecule is NCC1CCCN1CC(=O)NCC(F)(F)F. The van der Waals surface area contributed by atoms with E-state index < -0.39 is 18.6 Å². The molecule has 0 aromatic rings. The smallest absolute Gasteiger partial charge is 0.346 e. The molecule has 0 radical (unpaired) electrons. The fourth-order valence-corrected chi connectivity index (χ4v) is 1.81. The Labute approximate surface area is 92.0 Å². The number of rotatable bonds is 4. The van der Waals surface area contributed by atoms with Crippen molar-refractivity contribution in [2.75, 3.05) is 26.2 Å². The molecule has 1 heterocycles. The first kappa shape index (κ1) is 13.2. The molecule has 94 valence electrons. The topological polar surface area (TPSA) is 58.4 Å². The molecule has 1 fully saturated rings. The summed E-state index contributed by atoms with van der Waals surface area (Å²) in [7, 11) is 0. The third kappa shape index (κ3) is 4.36. The number of hydrogen-bond acceptors (Lipinski definition) is 3. The Morgan fingerprint density at radius 3 is 2.75 bits per heavy atom. The van der Waals surface area contributed by atoms with Crippen LogP contribution in [0, 0.1) is 0 Å². The van der Waals surface area contributed by atoms with Gasteiger partial charge in [0.15, 0.2) is 0 Å². The highest BCUT2D eigenvalue weighted by Crippen LogP contribution is 2.15. The fraction of sp³-hybridized carbons (Fsp3) is 0.889. The number of hydrogen-bond donors (Lipinski definition) is 2. The first-order valence-corrected chi connectivity index (χ1v) is 5.20. The minimum Gasteiger partial charge on any atom is -0.346 e. The van der Waals surface area contributed by atoms with Crippen LogP contribution in [0.15, 0.2) is 0 Å². The average Bonchev–Trinajstić information content (AvgIpc) is 2.61. The van der Waals surface area contributed by atoms with E-state index in [2.05, 4.69) is 0 Å². The predicted octanol–water partition coefficient (Wildman–Crippen LogP) is 0.0880. The number of nitrogens with two attached hydrogens (primary N) is 1. The Bertz CT molecular complexity index is 245. The second-order valence-corrected chi connectivity index (χ2v) is 3.89. The van der Waals surface area contributed by atoms with E-state index in [9.17, 15) is 18.0 Å². The summed E-state index contributed by atoms with van der Waals surface area (Å²) >= 11 is 0. The summed E-state index contributed by atoms with van der Waals surface area (Å²) in [6.07, 6.45) is -2.51. The Morgan fingerprint density at radius 2 is 2.19 bits per heavy atom. The zero-order chi connectivity index (χ0) is 12.2. The van der Waals surface area contributed by atoms with Crippen LogP contribution in [0.1, 0.15) is 12.8 Å². The van der Waals surface area contributed by atoms with Crippen LogP contribution in [0.2, 0.25) is 0 Å². The Hall–Kier alpha value is -0.820. The summed E-state index contributed by atoms with van der Waals surface area (Å²) in [6.45, 7) is -0.112. The summed E-state index contributed by atoms with van der Waals surface area (Å²) in [4.78, 5) is 13.0. The molecule has 1 unspecified atom stereocenters. The molecule has 3 N–H and O–H groups in total. The minimum absolute atomic E-state index is 0.00204. The number of amides is 1. The lowest BCUT2D eigenvalue weighted by Gasteiger charge is -2.22. The average molecular weight is 239 g/mol. The van der Waals surface area contributed by atoms with Crippen molar-refractivity contribution in [2.45, 2.75) is 25.1 Å². The monoisotopic (exact) mass is 239 g/mol. The number of carbonyl (C=O) groups excluding carboxylic acids is 1. The first-order chi connectivity index (χ1) is 7.42. The van der Waals surface area contributed by atoms with Crippen LogP contribution in [0.5, 0.6) is 0 Å². The zero-order valence-corrected chi connectivity index (χ0v) is 8.89. The number of alkyl halides is 3. The third-order valence-corrected chi connectivity index (χ3v) is 2.60. The van der Waals surface area contributed by atoms with Crippen molar-refractivity contribution in [3.63, 3.8) is 0 Å². The maximum absolute atomic E-state index is 11.8. The molecule has 0 aromatic heterocycles. The van der Waals surface area contributed by atoms with Gasteiger partial charge in [-0.15, -0.1) is 0 Å². The Kier molecular flexibility index (Phi) is 4.55. The van der Waals surface area contributed by atoms with Crippen molar-refractivity contribution < 1.29 is 18.0 Å². The van der Waals surface area contributed by atoms with Gasteiger partial charge in [0, 0.05) is 12.6 Å². The van der Waals surface area contributed by atoms with Gasteiger partial charge in [-0.3, -0.25) is 9.69 Å². The molecule has 0 aliphatic carbocycles. The van der Waals surface area contributed by atoms with E-state index >= 15 is 0 Å². The fourth-order valence-electron chi connectivity index (χ4n) is 1.81. The summed E-state index contributed by atoms with van der Waals surface area (Å²) in [5.74, 6) is -0.599. The number of carbonyl (C=O) groups is 1. The van der Waals surface area contributed by atoms with E-state index in [1.165, 1.54) is 0 Å². The van der Waals surface area contributed by atoms with E-state index in [0.29, 0.717) is 6.54 Å². The molecule has 0 aromatic carbocycles.